The second kappa shape index (κ2) is 7.56. The molecule has 4 nitrogen and oxygen atoms in total. The summed E-state index contributed by atoms with van der Waals surface area (Å²) in [7, 11) is 0. The summed E-state index contributed by atoms with van der Waals surface area (Å²) in [5, 5.41) is 0. The minimum atomic E-state index is -0.305. The molecule has 0 N–H and O–H groups in total. The number of hydrogen-bond donors (Lipinski definition) is 0. The fourth-order valence-electron chi connectivity index (χ4n) is 2.99. The number of benzene rings is 3. The summed E-state index contributed by atoms with van der Waals surface area (Å²) >= 11 is 0. The number of fused-ring (bicyclic) bond motifs is 1. The first kappa shape index (κ1) is 17.8. The Morgan fingerprint density at radius 3 is 2.61 bits per heavy atom. The summed E-state index contributed by atoms with van der Waals surface area (Å²) in [6, 6.07) is 16.9. The van der Waals surface area contributed by atoms with Crippen molar-refractivity contribution in [2.24, 2.45) is 0 Å². The highest BCUT2D eigenvalue weighted by molar-refractivity contribution is 6.11. The van der Waals surface area contributed by atoms with Crippen molar-refractivity contribution in [2.75, 3.05) is 0 Å². The van der Waals surface area contributed by atoms with Gasteiger partial charge < -0.3 is 4.74 Å². The van der Waals surface area contributed by atoms with E-state index in [1.165, 1.54) is 12.1 Å². The number of nitrogens with zero attached hydrogens (tertiary/aromatic N) is 2. The molecule has 0 atom stereocenters. The Kier molecular flexibility index (Phi) is 4.81. The molecule has 5 heteroatoms. The summed E-state index contributed by atoms with van der Waals surface area (Å²) in [5.74, 6) is 0.139. The van der Waals surface area contributed by atoms with Crippen LogP contribution < -0.4 is 4.74 Å². The smallest absolute Gasteiger partial charge is 0.193 e. The van der Waals surface area contributed by atoms with Crippen LogP contribution in [0.5, 0.6) is 5.75 Å². The molecule has 0 spiro atoms. The van der Waals surface area contributed by atoms with Gasteiger partial charge in [0.1, 0.15) is 18.2 Å². The van der Waals surface area contributed by atoms with Crippen LogP contribution in [0.2, 0.25) is 0 Å². The average Bonchev–Trinajstić information content (AvgIpc) is 2.72. The monoisotopic (exact) mass is 372 g/mol. The lowest BCUT2D eigenvalue weighted by atomic mass is 9.98. The zero-order valence-corrected chi connectivity index (χ0v) is 15.2. The molecule has 0 amide bonds. The molecule has 1 aromatic heterocycles. The van der Waals surface area contributed by atoms with Gasteiger partial charge in [-0.3, -0.25) is 14.8 Å². The van der Waals surface area contributed by atoms with Crippen molar-refractivity contribution in [1.29, 1.82) is 0 Å². The van der Waals surface area contributed by atoms with E-state index in [9.17, 15) is 9.18 Å². The molecule has 0 aliphatic heterocycles. The van der Waals surface area contributed by atoms with Crippen LogP contribution in [0.1, 0.15) is 27.0 Å². The molecule has 4 aromatic rings. The lowest BCUT2D eigenvalue weighted by Crippen LogP contribution is -2.05. The zero-order valence-electron chi connectivity index (χ0n) is 15.2. The molecule has 0 saturated heterocycles. The number of aromatic nitrogens is 2. The highest BCUT2D eigenvalue weighted by Gasteiger charge is 2.14. The number of carbonyl (C=O) groups is 1. The maximum atomic E-state index is 13.3. The summed E-state index contributed by atoms with van der Waals surface area (Å²) < 4.78 is 19.1. The number of aryl methyl sites for hydroxylation is 1. The van der Waals surface area contributed by atoms with E-state index in [4.69, 9.17) is 4.74 Å². The molecule has 4 rings (SSSR count). The maximum Gasteiger partial charge on any atom is 0.193 e. The molecule has 0 bridgehead atoms. The Morgan fingerprint density at radius 2 is 1.79 bits per heavy atom. The minimum Gasteiger partial charge on any atom is -0.489 e. The fraction of sp³-hybridized carbons (Fsp3) is 0.0870. The first-order valence-electron chi connectivity index (χ1n) is 8.83. The van der Waals surface area contributed by atoms with Crippen molar-refractivity contribution in [3.8, 4) is 5.75 Å². The third kappa shape index (κ3) is 3.74. The summed E-state index contributed by atoms with van der Waals surface area (Å²) in [6.45, 7) is 2.10. The van der Waals surface area contributed by atoms with Crippen molar-refractivity contribution >= 4 is 16.8 Å². The van der Waals surface area contributed by atoms with Crippen LogP contribution in [-0.4, -0.2) is 15.8 Å². The molecule has 0 saturated carbocycles. The molecule has 0 aliphatic carbocycles. The molecule has 0 aliphatic rings. The predicted molar refractivity (Wildman–Crippen MR) is 105 cm³/mol. The molecule has 1 heterocycles. The highest BCUT2D eigenvalue weighted by Crippen LogP contribution is 2.23. The standard InChI is InChI=1S/C23H17FN2O2/c1-15-5-7-19(28-14-16-3-2-4-18(24)11-16)13-20(15)23(27)17-6-8-21-22(12-17)26-10-9-25-21/h2-13H,14H2,1H3. The third-order valence-corrected chi connectivity index (χ3v) is 4.48. The van der Waals surface area contributed by atoms with Crippen LogP contribution in [0.15, 0.2) is 73.1 Å². The second-order valence-corrected chi connectivity index (χ2v) is 6.48. The van der Waals surface area contributed by atoms with Crippen molar-refractivity contribution < 1.29 is 13.9 Å². The zero-order chi connectivity index (χ0) is 19.5. The Hall–Kier alpha value is -3.60. The third-order valence-electron chi connectivity index (χ3n) is 4.48. The van der Waals surface area contributed by atoms with E-state index in [1.807, 2.05) is 13.0 Å². The summed E-state index contributed by atoms with van der Waals surface area (Å²) in [4.78, 5) is 21.5. The summed E-state index contributed by atoms with van der Waals surface area (Å²) in [5.41, 5.74) is 4.08. The van der Waals surface area contributed by atoms with Crippen LogP contribution in [0.3, 0.4) is 0 Å². The van der Waals surface area contributed by atoms with Crippen molar-refractivity contribution in [2.45, 2.75) is 13.5 Å². The van der Waals surface area contributed by atoms with Crippen molar-refractivity contribution in [3.05, 3.63) is 101 Å². The van der Waals surface area contributed by atoms with E-state index in [2.05, 4.69) is 9.97 Å². The van der Waals surface area contributed by atoms with Gasteiger partial charge in [-0.25, -0.2) is 4.39 Å². The first-order valence-corrected chi connectivity index (χ1v) is 8.83. The molecule has 0 radical (unpaired) electrons. The Morgan fingerprint density at radius 1 is 0.964 bits per heavy atom. The molecule has 0 unspecified atom stereocenters. The van der Waals surface area contributed by atoms with Gasteiger partial charge in [-0.05, 0) is 60.5 Å². The molecule has 28 heavy (non-hydrogen) atoms. The van der Waals surface area contributed by atoms with E-state index in [0.717, 1.165) is 16.6 Å². The molecule has 138 valence electrons. The number of hydrogen-bond acceptors (Lipinski definition) is 4. The number of ether oxygens (including phenoxy) is 1. The number of halogens is 1. The van der Waals surface area contributed by atoms with Crippen LogP contribution in [0.25, 0.3) is 11.0 Å². The van der Waals surface area contributed by atoms with Crippen LogP contribution in [0, 0.1) is 12.7 Å². The Balaban J connectivity index is 1.59. The van der Waals surface area contributed by atoms with Gasteiger partial charge in [-0.1, -0.05) is 18.2 Å². The summed E-state index contributed by atoms with van der Waals surface area (Å²) in [6.07, 6.45) is 3.22. The van der Waals surface area contributed by atoms with Crippen LogP contribution in [0.4, 0.5) is 4.39 Å². The second-order valence-electron chi connectivity index (χ2n) is 6.48. The highest BCUT2D eigenvalue weighted by atomic mass is 19.1. The lowest BCUT2D eigenvalue weighted by Gasteiger charge is -2.11. The Bertz CT molecular complexity index is 1170. The van der Waals surface area contributed by atoms with E-state index >= 15 is 0 Å². The van der Waals surface area contributed by atoms with Gasteiger partial charge in [0.05, 0.1) is 11.0 Å². The molecular formula is C23H17FN2O2. The van der Waals surface area contributed by atoms with Gasteiger partial charge in [-0.15, -0.1) is 0 Å². The predicted octanol–water partition coefficient (Wildman–Crippen LogP) is 4.89. The number of ketones is 1. The SMILES string of the molecule is Cc1ccc(OCc2cccc(F)c2)cc1C(=O)c1ccc2nccnc2c1. The first-order chi connectivity index (χ1) is 13.6. The number of carbonyl (C=O) groups excluding carboxylic acids is 1. The van der Waals surface area contributed by atoms with Crippen molar-refractivity contribution in [1.82, 2.24) is 9.97 Å². The van der Waals surface area contributed by atoms with E-state index in [0.29, 0.717) is 22.4 Å². The van der Waals surface area contributed by atoms with Crippen molar-refractivity contribution in [3.63, 3.8) is 0 Å². The van der Waals surface area contributed by atoms with Gasteiger partial charge in [0.15, 0.2) is 5.78 Å². The van der Waals surface area contributed by atoms with Crippen LogP contribution >= 0.6 is 0 Å². The van der Waals surface area contributed by atoms with Crippen LogP contribution in [-0.2, 0) is 6.61 Å². The lowest BCUT2D eigenvalue weighted by molar-refractivity contribution is 0.103. The maximum absolute atomic E-state index is 13.3. The normalized spacial score (nSPS) is 10.8. The molecular weight excluding hydrogens is 355 g/mol. The largest absolute Gasteiger partial charge is 0.489 e. The van der Waals surface area contributed by atoms with E-state index in [1.54, 1.807) is 54.9 Å². The minimum absolute atomic E-state index is 0.110. The van der Waals surface area contributed by atoms with Gasteiger partial charge in [0.25, 0.3) is 0 Å². The quantitative estimate of drug-likeness (QED) is 0.468. The van der Waals surface area contributed by atoms with E-state index < -0.39 is 0 Å². The topological polar surface area (TPSA) is 52.1 Å². The van der Waals surface area contributed by atoms with Gasteiger partial charge >= 0.3 is 0 Å². The molecule has 3 aromatic carbocycles. The van der Waals surface area contributed by atoms with Gasteiger partial charge in [0, 0.05) is 23.5 Å². The molecule has 0 fully saturated rings. The Labute approximate surface area is 161 Å². The fourth-order valence-corrected chi connectivity index (χ4v) is 2.99. The van der Waals surface area contributed by atoms with Gasteiger partial charge in [0.2, 0.25) is 0 Å². The van der Waals surface area contributed by atoms with Gasteiger partial charge in [-0.2, -0.15) is 0 Å². The number of rotatable bonds is 5. The van der Waals surface area contributed by atoms with E-state index in [-0.39, 0.29) is 18.2 Å². The average molecular weight is 372 g/mol.